The van der Waals surface area contributed by atoms with Crippen molar-refractivity contribution in [3.63, 3.8) is 0 Å². The average molecular weight is 383 g/mol. The molecule has 0 amide bonds. The van der Waals surface area contributed by atoms with Crippen molar-refractivity contribution in [3.05, 3.63) is 29.8 Å². The van der Waals surface area contributed by atoms with Gasteiger partial charge in [0.15, 0.2) is 12.2 Å². The van der Waals surface area contributed by atoms with Gasteiger partial charge < -0.3 is 29.7 Å². The van der Waals surface area contributed by atoms with Crippen molar-refractivity contribution >= 4 is 11.9 Å². The summed E-state index contributed by atoms with van der Waals surface area (Å²) >= 11 is 0. The van der Waals surface area contributed by atoms with Crippen LogP contribution in [0.2, 0.25) is 0 Å². The summed E-state index contributed by atoms with van der Waals surface area (Å²) in [4.78, 5) is 25.2. The van der Waals surface area contributed by atoms with Crippen molar-refractivity contribution in [2.24, 2.45) is 5.92 Å². The summed E-state index contributed by atoms with van der Waals surface area (Å²) in [6.45, 7) is 4.30. The third-order valence-electron chi connectivity index (χ3n) is 4.59. The zero-order valence-corrected chi connectivity index (χ0v) is 16.4. The van der Waals surface area contributed by atoms with Crippen LogP contribution < -0.4 is 4.74 Å². The minimum Gasteiger partial charge on any atom is -0.497 e. The number of aliphatic hydroxyl groups is 2. The molecule has 8 heteroatoms. The Morgan fingerprint density at radius 1 is 1.22 bits per heavy atom. The van der Waals surface area contributed by atoms with Crippen LogP contribution in [0.5, 0.6) is 5.75 Å². The molecule has 2 unspecified atom stereocenters. The van der Waals surface area contributed by atoms with E-state index in [4.69, 9.17) is 14.6 Å². The molecule has 1 rings (SSSR count). The number of ether oxygens (including phenoxy) is 2. The first-order valence-electron chi connectivity index (χ1n) is 8.70. The summed E-state index contributed by atoms with van der Waals surface area (Å²) in [6, 6.07) is 7.04. The Labute approximate surface area is 159 Å². The summed E-state index contributed by atoms with van der Waals surface area (Å²) in [7, 11) is 5.29. The second-order valence-electron chi connectivity index (χ2n) is 6.79. The fraction of sp³-hybridized carbons (Fsp3) is 0.579. The van der Waals surface area contributed by atoms with Crippen molar-refractivity contribution < 1.29 is 34.4 Å². The number of carboxylic acid groups (broad SMARTS) is 1. The normalized spacial score (nSPS) is 16.9. The number of nitrogens with zero attached hydrogens (tertiary/aromatic N) is 1. The number of aliphatic carboxylic acids is 1. The third-order valence-corrected chi connectivity index (χ3v) is 4.59. The van der Waals surface area contributed by atoms with Gasteiger partial charge in [-0.25, -0.2) is 9.59 Å². The molecule has 0 aliphatic rings. The molecule has 27 heavy (non-hydrogen) atoms. The highest BCUT2D eigenvalue weighted by molar-refractivity contribution is 5.84. The maximum absolute atomic E-state index is 12.4. The van der Waals surface area contributed by atoms with Gasteiger partial charge in [0.1, 0.15) is 11.4 Å². The Bertz CT molecular complexity index is 649. The van der Waals surface area contributed by atoms with Crippen LogP contribution in [0.15, 0.2) is 24.3 Å². The number of carbonyl (C=O) groups excluding carboxylic acids is 1. The van der Waals surface area contributed by atoms with Gasteiger partial charge in [-0.3, -0.25) is 0 Å². The lowest BCUT2D eigenvalue weighted by Crippen LogP contribution is -2.48. The summed E-state index contributed by atoms with van der Waals surface area (Å²) < 4.78 is 10.9. The number of rotatable bonds is 10. The number of hydrogen-bond donors (Lipinski definition) is 3. The van der Waals surface area contributed by atoms with Crippen LogP contribution >= 0.6 is 0 Å². The molecule has 0 bridgehead atoms. The van der Waals surface area contributed by atoms with Gasteiger partial charge in [0.25, 0.3) is 0 Å². The topological polar surface area (TPSA) is 117 Å². The van der Waals surface area contributed by atoms with E-state index in [9.17, 15) is 19.8 Å². The van der Waals surface area contributed by atoms with Crippen LogP contribution in [0.1, 0.15) is 25.8 Å². The number of benzene rings is 1. The summed E-state index contributed by atoms with van der Waals surface area (Å²) in [6.07, 6.45) is -4.08. The van der Waals surface area contributed by atoms with E-state index in [0.29, 0.717) is 24.3 Å². The quantitative estimate of drug-likeness (QED) is 0.509. The lowest BCUT2D eigenvalue weighted by molar-refractivity contribution is -0.188. The minimum absolute atomic E-state index is 0.206. The Morgan fingerprint density at radius 3 is 2.33 bits per heavy atom. The minimum atomic E-state index is -2.26. The van der Waals surface area contributed by atoms with Crippen LogP contribution in [-0.2, 0) is 19.9 Å². The van der Waals surface area contributed by atoms with E-state index in [2.05, 4.69) is 0 Å². The van der Waals surface area contributed by atoms with Gasteiger partial charge in [-0.2, -0.15) is 0 Å². The number of carbonyl (C=O) groups is 2. The number of esters is 1. The molecular formula is C19H29NO7. The molecule has 0 heterocycles. The van der Waals surface area contributed by atoms with E-state index in [1.165, 1.54) is 7.11 Å². The average Bonchev–Trinajstić information content (AvgIpc) is 2.63. The lowest BCUT2D eigenvalue weighted by atomic mass is 9.79. The van der Waals surface area contributed by atoms with Gasteiger partial charge >= 0.3 is 11.9 Å². The van der Waals surface area contributed by atoms with Gasteiger partial charge in [-0.1, -0.05) is 26.0 Å². The highest BCUT2D eigenvalue weighted by Gasteiger charge is 2.43. The maximum atomic E-state index is 12.4. The van der Waals surface area contributed by atoms with Crippen molar-refractivity contribution in [1.82, 2.24) is 4.90 Å². The molecule has 0 saturated carbocycles. The molecule has 8 nitrogen and oxygen atoms in total. The van der Waals surface area contributed by atoms with Crippen molar-refractivity contribution in [2.75, 3.05) is 27.7 Å². The second kappa shape index (κ2) is 9.68. The molecule has 0 radical (unpaired) electrons. The molecule has 0 aliphatic heterocycles. The van der Waals surface area contributed by atoms with Crippen molar-refractivity contribution in [1.29, 1.82) is 0 Å². The van der Waals surface area contributed by atoms with Crippen LogP contribution in [0, 0.1) is 5.92 Å². The second-order valence-corrected chi connectivity index (χ2v) is 6.79. The fourth-order valence-corrected chi connectivity index (χ4v) is 3.15. The lowest BCUT2D eigenvalue weighted by Gasteiger charge is -2.40. The third kappa shape index (κ3) is 5.41. The van der Waals surface area contributed by atoms with E-state index in [1.54, 1.807) is 24.3 Å². The van der Waals surface area contributed by atoms with Gasteiger partial charge in [0, 0.05) is 12.5 Å². The smallest absolute Gasteiger partial charge is 0.339 e. The first kappa shape index (κ1) is 22.9. The number of carboxylic acids is 1. The maximum Gasteiger partial charge on any atom is 0.339 e. The Hall–Kier alpha value is -2.16. The van der Waals surface area contributed by atoms with Gasteiger partial charge in [0.05, 0.1) is 7.11 Å². The van der Waals surface area contributed by atoms with Crippen molar-refractivity contribution in [3.8, 4) is 5.75 Å². The zero-order chi connectivity index (χ0) is 20.8. The predicted molar refractivity (Wildman–Crippen MR) is 98.4 cm³/mol. The highest BCUT2D eigenvalue weighted by atomic mass is 16.6. The molecule has 1 aromatic rings. The van der Waals surface area contributed by atoms with E-state index in [1.807, 2.05) is 32.8 Å². The molecule has 4 atom stereocenters. The largest absolute Gasteiger partial charge is 0.497 e. The number of hydrogen-bond acceptors (Lipinski definition) is 7. The van der Waals surface area contributed by atoms with Crippen LogP contribution in [0.25, 0.3) is 0 Å². The van der Waals surface area contributed by atoms with Gasteiger partial charge in [-0.05, 0) is 38.2 Å². The van der Waals surface area contributed by atoms with E-state index in [-0.39, 0.29) is 5.92 Å². The Kier molecular flexibility index (Phi) is 8.20. The molecule has 0 saturated heterocycles. The molecular weight excluding hydrogens is 354 g/mol. The van der Waals surface area contributed by atoms with Gasteiger partial charge in [0.2, 0.25) is 0 Å². The van der Waals surface area contributed by atoms with Crippen LogP contribution in [-0.4, -0.2) is 72.1 Å². The van der Waals surface area contributed by atoms with Crippen LogP contribution in [0.3, 0.4) is 0 Å². The van der Waals surface area contributed by atoms with Crippen LogP contribution in [0.4, 0.5) is 0 Å². The monoisotopic (exact) mass is 383 g/mol. The predicted octanol–water partition coefficient (Wildman–Crippen LogP) is 0.848. The highest BCUT2D eigenvalue weighted by Crippen LogP contribution is 2.39. The van der Waals surface area contributed by atoms with Crippen molar-refractivity contribution in [2.45, 2.75) is 38.1 Å². The molecule has 152 valence electrons. The van der Waals surface area contributed by atoms with E-state index >= 15 is 0 Å². The SMILES string of the molecule is CC[C@@](OC(=O)C(O)C(O)C(=O)O)(c1cccc(OC)c1)[C@H](C)CN(C)C. The fourth-order valence-electron chi connectivity index (χ4n) is 3.15. The number of aliphatic hydroxyl groups excluding tert-OH is 2. The first-order valence-corrected chi connectivity index (χ1v) is 8.70. The molecule has 3 N–H and O–H groups in total. The molecule has 0 aliphatic carbocycles. The molecule has 0 fully saturated rings. The Morgan fingerprint density at radius 2 is 1.85 bits per heavy atom. The van der Waals surface area contributed by atoms with E-state index in [0.717, 1.165) is 0 Å². The molecule has 0 aromatic heterocycles. The summed E-state index contributed by atoms with van der Waals surface area (Å²) in [5.41, 5.74) is -0.487. The van der Waals surface area contributed by atoms with Gasteiger partial charge in [-0.15, -0.1) is 0 Å². The molecule has 1 aromatic carbocycles. The molecule has 0 spiro atoms. The number of methoxy groups -OCH3 is 1. The summed E-state index contributed by atoms with van der Waals surface area (Å²) in [5.74, 6) is -2.53. The Balaban J connectivity index is 3.35. The van der Waals surface area contributed by atoms with E-state index < -0.39 is 29.7 Å². The zero-order valence-electron chi connectivity index (χ0n) is 16.4. The standard InChI is InChI=1S/C19H29NO7/c1-6-19(12(2)11-20(3)4,13-8-7-9-14(10-13)26-5)27-18(25)16(22)15(21)17(23)24/h7-10,12,15-16,21-22H,6,11H2,1-5H3,(H,23,24)/t12-,15?,16?,19+/m1/s1. The summed E-state index contributed by atoms with van der Waals surface area (Å²) in [5, 5.41) is 28.2. The first-order chi connectivity index (χ1) is 12.6.